The zero-order valence-electron chi connectivity index (χ0n) is 6.75. The summed E-state index contributed by atoms with van der Waals surface area (Å²) in [5, 5.41) is 3.07. The summed E-state index contributed by atoms with van der Waals surface area (Å²) in [5.74, 6) is 0.423. The van der Waals surface area contributed by atoms with Gasteiger partial charge in [0.2, 0.25) is 5.95 Å². The van der Waals surface area contributed by atoms with Gasteiger partial charge in [0.15, 0.2) is 0 Å². The normalized spacial score (nSPS) is 25.7. The Kier molecular flexibility index (Phi) is 1.97. The molecule has 1 aromatic rings. The molecule has 0 bridgehead atoms. The minimum absolute atomic E-state index is 0.0886. The van der Waals surface area contributed by atoms with Gasteiger partial charge in [-0.3, -0.25) is 9.78 Å². The fraction of sp³-hybridized carbons (Fsp3) is 0.429. The topological polar surface area (TPSA) is 83.8 Å². The summed E-state index contributed by atoms with van der Waals surface area (Å²) < 4.78 is 0. The predicted octanol–water partition coefficient (Wildman–Crippen LogP) is -0.0652. The van der Waals surface area contributed by atoms with Gasteiger partial charge in [-0.2, -0.15) is 0 Å². The van der Waals surface area contributed by atoms with E-state index in [9.17, 15) is 4.79 Å². The van der Waals surface area contributed by atoms with Crippen LogP contribution < -0.4 is 16.6 Å². The molecule has 0 amide bonds. The van der Waals surface area contributed by atoms with Crippen LogP contribution in [0.1, 0.15) is 6.42 Å². The number of aromatic amines is 1. The molecule has 1 fully saturated rings. The van der Waals surface area contributed by atoms with Gasteiger partial charge in [-0.15, -0.1) is 0 Å². The van der Waals surface area contributed by atoms with Crippen LogP contribution in [-0.2, 0) is 0 Å². The van der Waals surface area contributed by atoms with Crippen molar-refractivity contribution in [1.29, 1.82) is 0 Å². The molecule has 5 nitrogen and oxygen atoms in total. The van der Waals surface area contributed by atoms with Crippen LogP contribution in [0.5, 0.6) is 0 Å². The molecule has 13 heavy (non-hydrogen) atoms. The number of anilines is 1. The third-order valence-corrected chi connectivity index (χ3v) is 2.19. The molecule has 6 heteroatoms. The summed E-state index contributed by atoms with van der Waals surface area (Å²) in [6, 6.07) is 0.394. The van der Waals surface area contributed by atoms with E-state index in [0.29, 0.717) is 5.95 Å². The van der Waals surface area contributed by atoms with Crippen LogP contribution >= 0.6 is 11.6 Å². The Morgan fingerprint density at radius 3 is 3.00 bits per heavy atom. The first-order valence-electron chi connectivity index (χ1n) is 3.94. The highest BCUT2D eigenvalue weighted by Gasteiger charge is 2.33. The zero-order chi connectivity index (χ0) is 9.42. The Morgan fingerprint density at radius 2 is 2.46 bits per heavy atom. The van der Waals surface area contributed by atoms with E-state index < -0.39 is 0 Å². The number of H-pyrrole nitrogens is 1. The second-order valence-corrected chi connectivity index (χ2v) is 3.47. The quantitative estimate of drug-likeness (QED) is 0.624. The molecule has 0 saturated heterocycles. The monoisotopic (exact) mass is 200 g/mol. The number of nitrogens with two attached hydrogens (primary N) is 1. The van der Waals surface area contributed by atoms with Crippen molar-refractivity contribution in [1.82, 2.24) is 9.97 Å². The van der Waals surface area contributed by atoms with E-state index in [4.69, 9.17) is 17.3 Å². The van der Waals surface area contributed by atoms with Crippen LogP contribution in [0.3, 0.4) is 0 Å². The predicted molar refractivity (Wildman–Crippen MR) is 49.9 cm³/mol. The highest BCUT2D eigenvalue weighted by Crippen LogP contribution is 2.21. The number of rotatable bonds is 2. The van der Waals surface area contributed by atoms with E-state index in [1.165, 1.54) is 6.20 Å². The molecule has 1 saturated carbocycles. The van der Waals surface area contributed by atoms with E-state index in [1.54, 1.807) is 0 Å². The molecule has 2 atom stereocenters. The van der Waals surface area contributed by atoms with Gasteiger partial charge in [0, 0.05) is 12.1 Å². The first-order chi connectivity index (χ1) is 6.16. The van der Waals surface area contributed by atoms with Gasteiger partial charge in [0.25, 0.3) is 5.56 Å². The maximum atomic E-state index is 11.0. The Morgan fingerprint density at radius 1 is 1.77 bits per heavy atom. The van der Waals surface area contributed by atoms with Gasteiger partial charge in [-0.1, -0.05) is 11.6 Å². The summed E-state index contributed by atoms with van der Waals surface area (Å²) in [7, 11) is 0. The number of aromatic nitrogens is 2. The molecular weight excluding hydrogens is 192 g/mol. The molecule has 0 radical (unpaired) electrons. The van der Waals surface area contributed by atoms with Crippen LogP contribution in [0.25, 0.3) is 0 Å². The average molecular weight is 201 g/mol. The zero-order valence-corrected chi connectivity index (χ0v) is 7.51. The van der Waals surface area contributed by atoms with Gasteiger partial charge >= 0.3 is 0 Å². The van der Waals surface area contributed by atoms with Crippen LogP contribution in [0, 0.1) is 0 Å². The molecule has 70 valence electrons. The number of hydrogen-bond donors (Lipinski definition) is 3. The lowest BCUT2D eigenvalue weighted by Crippen LogP contribution is -2.18. The maximum absolute atomic E-state index is 11.0. The number of nitrogens with zero attached hydrogens (tertiary/aromatic N) is 1. The molecule has 1 aliphatic carbocycles. The van der Waals surface area contributed by atoms with Crippen LogP contribution in [0.2, 0.25) is 5.02 Å². The van der Waals surface area contributed by atoms with E-state index in [-0.39, 0.29) is 22.7 Å². The first-order valence-corrected chi connectivity index (χ1v) is 4.31. The summed E-state index contributed by atoms with van der Waals surface area (Å²) in [4.78, 5) is 17.4. The Balaban J connectivity index is 2.13. The van der Waals surface area contributed by atoms with Crippen LogP contribution in [0.4, 0.5) is 5.95 Å². The first kappa shape index (κ1) is 8.52. The lowest BCUT2D eigenvalue weighted by Gasteiger charge is -2.02. The highest BCUT2D eigenvalue weighted by atomic mass is 35.5. The molecule has 0 aliphatic heterocycles. The second-order valence-electron chi connectivity index (χ2n) is 3.06. The fourth-order valence-electron chi connectivity index (χ4n) is 1.01. The van der Waals surface area contributed by atoms with Gasteiger partial charge in [0.1, 0.15) is 5.02 Å². The number of hydrogen-bond acceptors (Lipinski definition) is 4. The van der Waals surface area contributed by atoms with Gasteiger partial charge in [-0.05, 0) is 6.42 Å². The van der Waals surface area contributed by atoms with Crippen molar-refractivity contribution in [2.75, 3.05) is 5.32 Å². The molecule has 0 aromatic carbocycles. The van der Waals surface area contributed by atoms with Crippen molar-refractivity contribution in [3.8, 4) is 0 Å². The molecular formula is C7H9ClN4O. The van der Waals surface area contributed by atoms with Gasteiger partial charge in [0.05, 0.1) is 6.20 Å². The lowest BCUT2D eigenvalue weighted by molar-refractivity contribution is 0.971. The summed E-state index contributed by atoms with van der Waals surface area (Å²) in [6.07, 6.45) is 2.23. The van der Waals surface area contributed by atoms with Crippen molar-refractivity contribution in [2.45, 2.75) is 18.5 Å². The number of halogens is 1. The second kappa shape index (κ2) is 3.01. The van der Waals surface area contributed by atoms with Crippen LogP contribution in [-0.4, -0.2) is 22.1 Å². The molecule has 1 aliphatic rings. The SMILES string of the molecule is NC1CC1Nc1ncc(Cl)c(=O)[nH]1. The standard InChI is InChI=1S/C7H9ClN4O/c8-3-2-10-7(12-6(3)13)11-5-1-4(5)9/h2,4-5H,1,9H2,(H2,10,11,12,13). The Labute approximate surface area is 79.3 Å². The molecule has 4 N–H and O–H groups in total. The van der Waals surface area contributed by atoms with E-state index in [2.05, 4.69) is 15.3 Å². The van der Waals surface area contributed by atoms with E-state index in [0.717, 1.165) is 6.42 Å². The molecule has 0 spiro atoms. The number of nitrogens with one attached hydrogen (secondary N) is 2. The summed E-state index contributed by atoms with van der Waals surface area (Å²) >= 11 is 5.50. The minimum Gasteiger partial charge on any atom is -0.351 e. The summed E-state index contributed by atoms with van der Waals surface area (Å²) in [5.41, 5.74) is 5.23. The fourth-order valence-corrected chi connectivity index (χ4v) is 1.10. The smallest absolute Gasteiger partial charge is 0.271 e. The minimum atomic E-state index is -0.339. The van der Waals surface area contributed by atoms with Crippen molar-refractivity contribution >= 4 is 17.5 Å². The average Bonchev–Trinajstić information content (AvgIpc) is 2.75. The lowest BCUT2D eigenvalue weighted by atomic mass is 10.6. The van der Waals surface area contributed by atoms with E-state index in [1.807, 2.05) is 0 Å². The maximum Gasteiger partial charge on any atom is 0.271 e. The Hall–Kier alpha value is -1.07. The van der Waals surface area contributed by atoms with Gasteiger partial charge in [-0.25, -0.2) is 4.98 Å². The molecule has 2 unspecified atom stereocenters. The largest absolute Gasteiger partial charge is 0.351 e. The van der Waals surface area contributed by atoms with Crippen molar-refractivity contribution in [3.05, 3.63) is 21.6 Å². The van der Waals surface area contributed by atoms with E-state index >= 15 is 0 Å². The highest BCUT2D eigenvalue weighted by molar-refractivity contribution is 6.30. The van der Waals surface area contributed by atoms with Crippen molar-refractivity contribution < 1.29 is 0 Å². The Bertz CT molecular complexity index is 377. The van der Waals surface area contributed by atoms with Crippen molar-refractivity contribution in [2.24, 2.45) is 5.73 Å². The van der Waals surface area contributed by atoms with Gasteiger partial charge < -0.3 is 11.1 Å². The van der Waals surface area contributed by atoms with Crippen LogP contribution in [0.15, 0.2) is 11.0 Å². The molecule has 1 heterocycles. The van der Waals surface area contributed by atoms with Crippen molar-refractivity contribution in [3.63, 3.8) is 0 Å². The molecule has 1 aromatic heterocycles. The molecule has 2 rings (SSSR count). The summed E-state index contributed by atoms with van der Waals surface area (Å²) in [6.45, 7) is 0. The third kappa shape index (κ3) is 1.81. The third-order valence-electron chi connectivity index (χ3n) is 1.92.